The van der Waals surface area contributed by atoms with Crippen LogP contribution in [-0.2, 0) is 4.74 Å². The average molecular weight is 158 g/mol. The van der Waals surface area contributed by atoms with Crippen LogP contribution >= 0.6 is 11.8 Å². The Morgan fingerprint density at radius 2 is 2.20 bits per heavy atom. The van der Waals surface area contributed by atoms with Gasteiger partial charge in [-0.2, -0.15) is 11.8 Å². The molecule has 0 radical (unpaired) electrons. The van der Waals surface area contributed by atoms with Gasteiger partial charge in [0.05, 0.1) is 13.2 Å². The highest BCUT2D eigenvalue weighted by Gasteiger charge is 2.23. The fraction of sp³-hybridized carbons (Fsp3) is 1.00. The van der Waals surface area contributed by atoms with Gasteiger partial charge in [-0.05, 0) is 24.5 Å². The smallest absolute Gasteiger partial charge is 0.0585 e. The van der Waals surface area contributed by atoms with Crippen molar-refractivity contribution in [1.82, 2.24) is 0 Å². The molecule has 0 amide bonds. The second-order valence-corrected chi connectivity index (χ2v) is 4.62. The molecule has 2 heteroatoms. The Morgan fingerprint density at radius 3 is 3.20 bits per heavy atom. The number of hydrogen-bond donors (Lipinski definition) is 0. The zero-order chi connectivity index (χ0) is 6.81. The SMILES string of the molecule is C1CC2COCC(C1)SC2. The molecule has 2 heterocycles. The van der Waals surface area contributed by atoms with Gasteiger partial charge in [0.1, 0.15) is 0 Å². The van der Waals surface area contributed by atoms with Gasteiger partial charge in [-0.1, -0.05) is 6.42 Å². The first-order valence-corrected chi connectivity index (χ1v) is 5.19. The highest BCUT2D eigenvalue weighted by molar-refractivity contribution is 7.99. The minimum atomic E-state index is 0.826. The lowest BCUT2D eigenvalue weighted by molar-refractivity contribution is 0.0972. The predicted molar refractivity (Wildman–Crippen MR) is 44.4 cm³/mol. The van der Waals surface area contributed by atoms with Gasteiger partial charge in [0.15, 0.2) is 0 Å². The van der Waals surface area contributed by atoms with E-state index in [-0.39, 0.29) is 0 Å². The third-order valence-electron chi connectivity index (χ3n) is 2.36. The zero-order valence-corrected chi connectivity index (χ0v) is 7.03. The van der Waals surface area contributed by atoms with Crippen LogP contribution in [0, 0.1) is 5.92 Å². The van der Waals surface area contributed by atoms with Crippen molar-refractivity contribution < 1.29 is 4.74 Å². The monoisotopic (exact) mass is 158 g/mol. The third kappa shape index (κ3) is 1.48. The van der Waals surface area contributed by atoms with Crippen molar-refractivity contribution in [2.75, 3.05) is 19.0 Å². The van der Waals surface area contributed by atoms with Gasteiger partial charge in [0, 0.05) is 5.25 Å². The molecule has 2 bridgehead atoms. The van der Waals surface area contributed by atoms with Crippen molar-refractivity contribution in [3.63, 3.8) is 0 Å². The van der Waals surface area contributed by atoms with Crippen LogP contribution in [0.2, 0.25) is 0 Å². The van der Waals surface area contributed by atoms with Crippen molar-refractivity contribution in [3.8, 4) is 0 Å². The van der Waals surface area contributed by atoms with Gasteiger partial charge >= 0.3 is 0 Å². The van der Waals surface area contributed by atoms with E-state index in [0.717, 1.165) is 24.4 Å². The topological polar surface area (TPSA) is 9.23 Å². The number of fused-ring (bicyclic) bond motifs is 3. The molecule has 0 aliphatic carbocycles. The quantitative estimate of drug-likeness (QED) is 0.532. The van der Waals surface area contributed by atoms with Crippen LogP contribution in [0.4, 0.5) is 0 Å². The Labute approximate surface area is 66.5 Å². The summed E-state index contributed by atoms with van der Waals surface area (Å²) in [4.78, 5) is 0. The average Bonchev–Trinajstić information content (AvgIpc) is 2.17. The molecule has 2 aliphatic rings. The summed E-state index contributed by atoms with van der Waals surface area (Å²) in [6, 6.07) is 0. The summed E-state index contributed by atoms with van der Waals surface area (Å²) in [7, 11) is 0. The van der Waals surface area contributed by atoms with Crippen molar-refractivity contribution in [3.05, 3.63) is 0 Å². The number of rotatable bonds is 0. The molecule has 2 rings (SSSR count). The summed E-state index contributed by atoms with van der Waals surface area (Å²) < 4.78 is 5.54. The van der Waals surface area contributed by atoms with Crippen LogP contribution in [-0.4, -0.2) is 24.2 Å². The lowest BCUT2D eigenvalue weighted by Crippen LogP contribution is -2.14. The summed E-state index contributed by atoms with van der Waals surface area (Å²) in [5.41, 5.74) is 0. The molecular weight excluding hydrogens is 144 g/mol. The molecule has 2 aliphatic heterocycles. The Bertz CT molecular complexity index is 93.8. The van der Waals surface area contributed by atoms with Crippen LogP contribution in [0.1, 0.15) is 19.3 Å². The highest BCUT2D eigenvalue weighted by Crippen LogP contribution is 2.31. The van der Waals surface area contributed by atoms with Crippen LogP contribution in [0.5, 0.6) is 0 Å². The minimum absolute atomic E-state index is 0.826. The van der Waals surface area contributed by atoms with E-state index in [0.29, 0.717) is 0 Å². The standard InChI is InChI=1S/C8H14OS/c1-2-7-4-9-5-8(3-1)10-6-7/h7-8H,1-6H2. The molecule has 10 heavy (non-hydrogen) atoms. The third-order valence-corrected chi connectivity index (χ3v) is 3.87. The van der Waals surface area contributed by atoms with E-state index < -0.39 is 0 Å². The van der Waals surface area contributed by atoms with E-state index in [2.05, 4.69) is 11.8 Å². The van der Waals surface area contributed by atoms with E-state index in [9.17, 15) is 0 Å². The predicted octanol–water partition coefficient (Wildman–Crippen LogP) is 1.92. The van der Waals surface area contributed by atoms with Crippen molar-refractivity contribution in [2.24, 2.45) is 5.92 Å². The molecule has 0 aromatic heterocycles. The largest absolute Gasteiger partial charge is 0.380 e. The lowest BCUT2D eigenvalue weighted by atomic mass is 10.0. The van der Waals surface area contributed by atoms with Gasteiger partial charge in [0.2, 0.25) is 0 Å². The van der Waals surface area contributed by atoms with Gasteiger partial charge in [-0.15, -0.1) is 0 Å². The van der Waals surface area contributed by atoms with Gasteiger partial charge in [-0.25, -0.2) is 0 Å². The van der Waals surface area contributed by atoms with E-state index in [1.165, 1.54) is 25.0 Å². The Kier molecular flexibility index (Phi) is 2.19. The molecule has 0 N–H and O–H groups in total. The lowest BCUT2D eigenvalue weighted by Gasteiger charge is -2.14. The summed E-state index contributed by atoms with van der Waals surface area (Å²) in [5.74, 6) is 2.22. The molecular formula is C8H14OS. The normalized spacial score (nSPS) is 40.8. The Balaban J connectivity index is 2.01. The molecule has 58 valence electrons. The molecule has 2 saturated heterocycles. The first-order chi connectivity index (χ1) is 4.95. The maximum Gasteiger partial charge on any atom is 0.0585 e. The fourth-order valence-electron chi connectivity index (χ4n) is 1.70. The second-order valence-electron chi connectivity index (χ2n) is 3.29. The Hall–Kier alpha value is 0.310. The van der Waals surface area contributed by atoms with E-state index in [4.69, 9.17) is 4.74 Å². The van der Waals surface area contributed by atoms with Crippen LogP contribution in [0.15, 0.2) is 0 Å². The van der Waals surface area contributed by atoms with Crippen molar-refractivity contribution in [1.29, 1.82) is 0 Å². The van der Waals surface area contributed by atoms with E-state index >= 15 is 0 Å². The van der Waals surface area contributed by atoms with Gasteiger partial charge in [0.25, 0.3) is 0 Å². The van der Waals surface area contributed by atoms with Crippen molar-refractivity contribution >= 4 is 11.8 Å². The molecule has 2 unspecified atom stereocenters. The molecule has 2 fully saturated rings. The first-order valence-electron chi connectivity index (χ1n) is 4.14. The summed E-state index contributed by atoms with van der Waals surface area (Å²) in [6.45, 7) is 2.05. The van der Waals surface area contributed by atoms with E-state index in [1.54, 1.807) is 0 Å². The van der Waals surface area contributed by atoms with Crippen LogP contribution in [0.3, 0.4) is 0 Å². The van der Waals surface area contributed by atoms with Crippen LogP contribution in [0.25, 0.3) is 0 Å². The van der Waals surface area contributed by atoms with Gasteiger partial charge in [-0.3, -0.25) is 0 Å². The summed E-state index contributed by atoms with van der Waals surface area (Å²) >= 11 is 2.13. The minimum Gasteiger partial charge on any atom is -0.380 e. The molecule has 0 aromatic carbocycles. The fourth-order valence-corrected chi connectivity index (χ4v) is 3.04. The maximum atomic E-state index is 5.54. The summed E-state index contributed by atoms with van der Waals surface area (Å²) in [5, 5.41) is 0.826. The van der Waals surface area contributed by atoms with Crippen molar-refractivity contribution in [2.45, 2.75) is 24.5 Å². The molecule has 0 aromatic rings. The number of ether oxygens (including phenoxy) is 1. The Morgan fingerprint density at radius 1 is 1.20 bits per heavy atom. The maximum absolute atomic E-state index is 5.54. The number of hydrogen-bond acceptors (Lipinski definition) is 2. The molecule has 0 saturated carbocycles. The zero-order valence-electron chi connectivity index (χ0n) is 6.21. The van der Waals surface area contributed by atoms with E-state index in [1.807, 2.05) is 0 Å². The second kappa shape index (κ2) is 3.14. The first kappa shape index (κ1) is 6.99. The number of thioether (sulfide) groups is 1. The molecule has 0 spiro atoms. The van der Waals surface area contributed by atoms with Crippen LogP contribution < -0.4 is 0 Å². The molecule has 2 atom stereocenters. The summed E-state index contributed by atoms with van der Waals surface area (Å²) in [6.07, 6.45) is 4.23. The van der Waals surface area contributed by atoms with Gasteiger partial charge < -0.3 is 4.74 Å². The molecule has 1 nitrogen and oxygen atoms in total. The highest BCUT2D eigenvalue weighted by atomic mass is 32.2.